The molecule has 0 fully saturated rings. The molecular weight excluding hydrogens is 243 g/mol. The van der Waals surface area contributed by atoms with Crippen LogP contribution in [0.4, 0.5) is 0 Å². The van der Waals surface area contributed by atoms with Crippen molar-refractivity contribution in [3.63, 3.8) is 0 Å². The second-order valence-corrected chi connectivity index (χ2v) is 0.781. The van der Waals surface area contributed by atoms with E-state index < -0.39 is 0 Å². The van der Waals surface area contributed by atoms with Gasteiger partial charge in [-0.05, 0) is 13.8 Å². The predicted octanol–water partition coefficient (Wildman–Crippen LogP) is 1.04. The van der Waals surface area contributed by atoms with E-state index in [2.05, 4.69) is 0 Å². The van der Waals surface area contributed by atoms with E-state index in [0.717, 1.165) is 13.2 Å². The number of hydrogen-bond acceptors (Lipinski definition) is 1. The molecule has 0 aromatic carbocycles. The first-order valence-electron chi connectivity index (χ1n) is 1.99. The van der Waals surface area contributed by atoms with E-state index in [1.165, 1.54) is 0 Å². The summed E-state index contributed by atoms with van der Waals surface area (Å²) in [6.45, 7) is 5.67. The smallest absolute Gasteiger partial charge is 0.0437 e. The summed E-state index contributed by atoms with van der Waals surface area (Å²) in [4.78, 5) is 0. The normalized spacial score (nSPS) is 7.00. The fourth-order valence-electron chi connectivity index (χ4n) is 0.204. The third-order valence-corrected chi connectivity index (χ3v) is 0.408. The Hall–Kier alpha value is 0.830. The summed E-state index contributed by atoms with van der Waals surface area (Å²) in [5, 5.41) is 0. The van der Waals surface area contributed by atoms with Gasteiger partial charge in [0, 0.05) is 39.1 Å². The van der Waals surface area contributed by atoms with Crippen LogP contribution in [0.1, 0.15) is 13.8 Å². The van der Waals surface area contributed by atoms with E-state index in [9.17, 15) is 0 Å². The van der Waals surface area contributed by atoms with Crippen LogP contribution < -0.4 is 0 Å². The molecule has 1 nitrogen and oxygen atoms in total. The Bertz CT molecular complexity index is 15.0. The standard InChI is InChI=1S/C4H10O.Hf/c1-3-5-4-2;/h3-4H2,1-2H3;. The van der Waals surface area contributed by atoms with Crippen molar-refractivity contribution in [2.45, 2.75) is 13.8 Å². The number of hydrogen-bond donors (Lipinski definition) is 0. The minimum atomic E-state index is 0. The van der Waals surface area contributed by atoms with E-state index in [1.54, 1.807) is 0 Å². The Morgan fingerprint density at radius 2 is 1.50 bits per heavy atom. The topological polar surface area (TPSA) is 9.23 Å². The molecule has 0 aliphatic heterocycles. The molecule has 6 heavy (non-hydrogen) atoms. The summed E-state index contributed by atoms with van der Waals surface area (Å²) in [5.41, 5.74) is 0. The molecule has 36 valence electrons. The van der Waals surface area contributed by atoms with Crippen molar-refractivity contribution in [1.29, 1.82) is 0 Å². The van der Waals surface area contributed by atoms with Crippen LogP contribution in [0.25, 0.3) is 0 Å². The Morgan fingerprint density at radius 3 is 1.50 bits per heavy atom. The third kappa shape index (κ3) is 8.85. The van der Waals surface area contributed by atoms with Crippen LogP contribution >= 0.6 is 0 Å². The summed E-state index contributed by atoms with van der Waals surface area (Å²) in [7, 11) is 0. The zero-order valence-corrected chi connectivity index (χ0v) is 7.92. The van der Waals surface area contributed by atoms with Crippen LogP contribution in [-0.2, 0) is 30.6 Å². The first kappa shape index (κ1) is 9.95. The van der Waals surface area contributed by atoms with Gasteiger partial charge in [0.25, 0.3) is 0 Å². The van der Waals surface area contributed by atoms with Crippen molar-refractivity contribution in [3.8, 4) is 0 Å². The first-order valence-corrected chi connectivity index (χ1v) is 1.99. The monoisotopic (exact) mass is 254 g/mol. The summed E-state index contributed by atoms with van der Waals surface area (Å²) in [6, 6.07) is 0. The van der Waals surface area contributed by atoms with Gasteiger partial charge in [0.15, 0.2) is 0 Å². The van der Waals surface area contributed by atoms with E-state index in [4.69, 9.17) is 4.74 Å². The van der Waals surface area contributed by atoms with Gasteiger partial charge < -0.3 is 4.74 Å². The first-order chi connectivity index (χ1) is 2.41. The molecule has 0 saturated heterocycles. The van der Waals surface area contributed by atoms with Gasteiger partial charge in [-0.15, -0.1) is 0 Å². The Labute approximate surface area is 57.9 Å². The molecule has 0 spiro atoms. The van der Waals surface area contributed by atoms with Gasteiger partial charge in [0.2, 0.25) is 0 Å². The minimum absolute atomic E-state index is 0. The quantitative estimate of drug-likeness (QED) is 0.668. The van der Waals surface area contributed by atoms with Crippen LogP contribution in [-0.4, -0.2) is 13.2 Å². The number of ether oxygens (including phenoxy) is 1. The molecule has 0 heterocycles. The van der Waals surface area contributed by atoms with Gasteiger partial charge in [-0.25, -0.2) is 0 Å². The molecule has 0 radical (unpaired) electrons. The molecule has 2 heteroatoms. The fraction of sp³-hybridized carbons (Fsp3) is 1.00. The van der Waals surface area contributed by atoms with E-state index in [-0.39, 0.29) is 25.8 Å². The van der Waals surface area contributed by atoms with Crippen molar-refractivity contribution in [3.05, 3.63) is 0 Å². The Balaban J connectivity index is 0. The molecule has 0 unspecified atom stereocenters. The molecule has 0 bridgehead atoms. The summed E-state index contributed by atoms with van der Waals surface area (Å²) >= 11 is 0. The van der Waals surface area contributed by atoms with Crippen molar-refractivity contribution in [2.24, 2.45) is 0 Å². The molecule has 0 rings (SSSR count). The molecule has 0 amide bonds. The summed E-state index contributed by atoms with van der Waals surface area (Å²) < 4.78 is 4.83. The van der Waals surface area contributed by atoms with Gasteiger partial charge in [-0.2, -0.15) is 0 Å². The van der Waals surface area contributed by atoms with Crippen LogP contribution in [0.3, 0.4) is 0 Å². The molecule has 0 aliphatic carbocycles. The van der Waals surface area contributed by atoms with Gasteiger partial charge >= 0.3 is 0 Å². The Morgan fingerprint density at radius 1 is 1.17 bits per heavy atom. The average molecular weight is 253 g/mol. The van der Waals surface area contributed by atoms with Gasteiger partial charge in [-0.1, -0.05) is 0 Å². The minimum Gasteiger partial charge on any atom is -0.382 e. The fourth-order valence-corrected chi connectivity index (χ4v) is 0.204. The maximum Gasteiger partial charge on any atom is 0.0437 e. The largest absolute Gasteiger partial charge is 0.382 e. The van der Waals surface area contributed by atoms with Crippen LogP contribution in [0, 0.1) is 0 Å². The maximum absolute atomic E-state index is 4.83. The second-order valence-electron chi connectivity index (χ2n) is 0.781. The Kier molecular flexibility index (Phi) is 15.4. The second kappa shape index (κ2) is 9.27. The van der Waals surface area contributed by atoms with Crippen LogP contribution in [0.2, 0.25) is 0 Å². The zero-order valence-electron chi connectivity index (χ0n) is 4.32. The molecular formula is C4H10HfO. The van der Waals surface area contributed by atoms with Gasteiger partial charge in [0.05, 0.1) is 0 Å². The van der Waals surface area contributed by atoms with Crippen molar-refractivity contribution < 1.29 is 30.6 Å². The third-order valence-electron chi connectivity index (χ3n) is 0.408. The van der Waals surface area contributed by atoms with Crippen molar-refractivity contribution in [2.75, 3.05) is 13.2 Å². The zero-order chi connectivity index (χ0) is 4.12. The predicted molar refractivity (Wildman–Crippen MR) is 22.2 cm³/mol. The van der Waals surface area contributed by atoms with Gasteiger partial charge in [0.1, 0.15) is 0 Å². The van der Waals surface area contributed by atoms with Crippen LogP contribution in [0.5, 0.6) is 0 Å². The summed E-state index contributed by atoms with van der Waals surface area (Å²) in [6.07, 6.45) is 0. The number of rotatable bonds is 2. The average Bonchev–Trinajstić information content (AvgIpc) is 1.41. The molecule has 0 atom stereocenters. The van der Waals surface area contributed by atoms with Crippen molar-refractivity contribution in [1.82, 2.24) is 0 Å². The molecule has 0 N–H and O–H groups in total. The van der Waals surface area contributed by atoms with E-state index in [0.29, 0.717) is 0 Å². The molecule has 0 aromatic heterocycles. The maximum atomic E-state index is 4.83. The SMILES string of the molecule is CCOCC.[Hf]. The molecule has 0 aliphatic rings. The van der Waals surface area contributed by atoms with Crippen LogP contribution in [0.15, 0.2) is 0 Å². The summed E-state index contributed by atoms with van der Waals surface area (Å²) in [5.74, 6) is 0. The van der Waals surface area contributed by atoms with E-state index >= 15 is 0 Å². The molecule has 0 saturated carbocycles. The van der Waals surface area contributed by atoms with Gasteiger partial charge in [-0.3, -0.25) is 0 Å². The molecule has 0 aromatic rings. The van der Waals surface area contributed by atoms with E-state index in [1.807, 2.05) is 13.8 Å². The van der Waals surface area contributed by atoms with Crippen molar-refractivity contribution >= 4 is 0 Å².